The van der Waals surface area contributed by atoms with E-state index >= 15 is 0 Å². The fourth-order valence-electron chi connectivity index (χ4n) is 2.47. The summed E-state index contributed by atoms with van der Waals surface area (Å²) in [6, 6.07) is 0. The number of rotatable bonds is 2. The molecule has 0 aromatic heterocycles. The van der Waals surface area contributed by atoms with E-state index in [0.717, 1.165) is 30.8 Å². The normalized spacial score (nSPS) is 37.3. The maximum atomic E-state index is 12.7. The monoisotopic (exact) mass is 254 g/mol. The molecule has 2 rings (SSSR count). The number of ether oxygens (including phenoxy) is 1. The molecule has 2 fully saturated rings. The summed E-state index contributed by atoms with van der Waals surface area (Å²) >= 11 is 1.82. The van der Waals surface area contributed by atoms with Crippen molar-refractivity contribution in [1.82, 2.24) is 0 Å². The third kappa shape index (κ3) is 2.65. The van der Waals surface area contributed by atoms with Crippen LogP contribution in [0.3, 0.4) is 0 Å². The first-order chi connectivity index (χ1) is 7.02. The van der Waals surface area contributed by atoms with Gasteiger partial charge in [0.05, 0.1) is 6.10 Å². The Kier molecular flexibility index (Phi) is 3.28. The standard InChI is InChI=1S/C9H15FO3S2/c10-15(11,12)6-8-9(3-4-13-8)2-1-5-14-7-9/h8H,1-7H2. The fourth-order valence-corrected chi connectivity index (χ4v) is 4.66. The van der Waals surface area contributed by atoms with Crippen molar-refractivity contribution in [2.24, 2.45) is 5.41 Å². The van der Waals surface area contributed by atoms with E-state index in [9.17, 15) is 12.3 Å². The van der Waals surface area contributed by atoms with Gasteiger partial charge in [-0.15, -0.1) is 3.89 Å². The molecule has 6 heteroatoms. The van der Waals surface area contributed by atoms with Crippen LogP contribution in [0, 0.1) is 5.41 Å². The summed E-state index contributed by atoms with van der Waals surface area (Å²) < 4.78 is 39.4. The van der Waals surface area contributed by atoms with Crippen molar-refractivity contribution in [2.75, 3.05) is 23.9 Å². The van der Waals surface area contributed by atoms with Crippen LogP contribution in [0.15, 0.2) is 0 Å². The Labute approximate surface area is 94.0 Å². The van der Waals surface area contributed by atoms with Crippen LogP contribution in [-0.2, 0) is 15.0 Å². The second-order valence-electron chi connectivity index (χ2n) is 4.33. The number of thioether (sulfide) groups is 1. The topological polar surface area (TPSA) is 43.4 Å². The Hall–Kier alpha value is 0.190. The molecule has 2 saturated heterocycles. The summed E-state index contributed by atoms with van der Waals surface area (Å²) in [5.41, 5.74) is -0.0813. The molecule has 2 heterocycles. The van der Waals surface area contributed by atoms with Crippen LogP contribution < -0.4 is 0 Å². The lowest BCUT2D eigenvalue weighted by Crippen LogP contribution is -2.39. The first kappa shape index (κ1) is 11.7. The van der Waals surface area contributed by atoms with E-state index in [1.807, 2.05) is 11.8 Å². The lowest BCUT2D eigenvalue weighted by molar-refractivity contribution is 0.0704. The number of hydrogen-bond acceptors (Lipinski definition) is 4. The predicted octanol–water partition coefficient (Wildman–Crippen LogP) is 1.59. The zero-order valence-electron chi connectivity index (χ0n) is 8.45. The smallest absolute Gasteiger partial charge is 0.304 e. The Balaban J connectivity index is 2.10. The second-order valence-corrected chi connectivity index (χ2v) is 6.85. The molecule has 15 heavy (non-hydrogen) atoms. The molecule has 3 nitrogen and oxygen atoms in total. The van der Waals surface area contributed by atoms with Crippen molar-refractivity contribution in [3.8, 4) is 0 Å². The van der Waals surface area contributed by atoms with Crippen LogP contribution in [0.5, 0.6) is 0 Å². The van der Waals surface area contributed by atoms with E-state index < -0.39 is 22.1 Å². The average Bonchev–Trinajstić information content (AvgIpc) is 2.48. The Bertz CT molecular complexity index is 322. The third-order valence-corrected chi connectivity index (χ3v) is 5.36. The second kappa shape index (κ2) is 4.22. The highest BCUT2D eigenvalue weighted by Gasteiger charge is 2.46. The van der Waals surface area contributed by atoms with E-state index in [-0.39, 0.29) is 5.41 Å². The molecule has 2 aliphatic heterocycles. The molecule has 0 N–H and O–H groups in total. The van der Waals surface area contributed by atoms with Crippen LogP contribution in [0.2, 0.25) is 0 Å². The van der Waals surface area contributed by atoms with Gasteiger partial charge in [0.1, 0.15) is 5.75 Å². The van der Waals surface area contributed by atoms with E-state index in [1.54, 1.807) is 0 Å². The fraction of sp³-hybridized carbons (Fsp3) is 1.00. The van der Waals surface area contributed by atoms with E-state index in [0.29, 0.717) is 6.61 Å². The van der Waals surface area contributed by atoms with Crippen molar-refractivity contribution in [3.63, 3.8) is 0 Å². The quantitative estimate of drug-likeness (QED) is 0.702. The summed E-state index contributed by atoms with van der Waals surface area (Å²) in [4.78, 5) is 0. The summed E-state index contributed by atoms with van der Waals surface area (Å²) in [5.74, 6) is 1.57. The Morgan fingerprint density at radius 1 is 1.47 bits per heavy atom. The van der Waals surface area contributed by atoms with Gasteiger partial charge in [-0.05, 0) is 25.0 Å². The van der Waals surface area contributed by atoms with Gasteiger partial charge in [-0.3, -0.25) is 0 Å². The van der Waals surface area contributed by atoms with Crippen LogP contribution in [0.4, 0.5) is 3.89 Å². The molecule has 0 radical (unpaired) electrons. The first-order valence-corrected chi connectivity index (χ1v) is 7.84. The van der Waals surface area contributed by atoms with Crippen LogP contribution in [0.25, 0.3) is 0 Å². The Morgan fingerprint density at radius 2 is 2.27 bits per heavy atom. The van der Waals surface area contributed by atoms with E-state index in [4.69, 9.17) is 4.74 Å². The molecule has 2 atom stereocenters. The minimum absolute atomic E-state index is 0.0813. The highest BCUT2D eigenvalue weighted by Crippen LogP contribution is 2.45. The average molecular weight is 254 g/mol. The summed E-state index contributed by atoms with van der Waals surface area (Å²) in [6.45, 7) is 0.570. The minimum atomic E-state index is -4.42. The van der Waals surface area contributed by atoms with E-state index in [2.05, 4.69) is 0 Å². The molecule has 2 unspecified atom stereocenters. The molecule has 0 saturated carbocycles. The highest BCUT2D eigenvalue weighted by molar-refractivity contribution is 7.99. The van der Waals surface area contributed by atoms with Gasteiger partial charge in [-0.2, -0.15) is 20.2 Å². The minimum Gasteiger partial charge on any atom is -0.376 e. The van der Waals surface area contributed by atoms with Crippen LogP contribution >= 0.6 is 11.8 Å². The summed E-state index contributed by atoms with van der Waals surface area (Å²) in [6.07, 6.45) is 2.50. The molecule has 0 amide bonds. The number of halogens is 1. The molecular formula is C9H15FO3S2. The van der Waals surface area contributed by atoms with Gasteiger partial charge >= 0.3 is 10.2 Å². The van der Waals surface area contributed by atoms with Gasteiger partial charge < -0.3 is 4.74 Å². The first-order valence-electron chi connectivity index (χ1n) is 5.14. The summed E-state index contributed by atoms with van der Waals surface area (Å²) in [5, 5.41) is 0. The van der Waals surface area contributed by atoms with Gasteiger partial charge in [0.2, 0.25) is 0 Å². The van der Waals surface area contributed by atoms with E-state index in [1.165, 1.54) is 0 Å². The van der Waals surface area contributed by atoms with Crippen molar-refractivity contribution < 1.29 is 17.0 Å². The van der Waals surface area contributed by atoms with Gasteiger partial charge in [0.25, 0.3) is 0 Å². The molecular weight excluding hydrogens is 239 g/mol. The van der Waals surface area contributed by atoms with Gasteiger partial charge in [-0.1, -0.05) is 0 Å². The molecule has 0 aromatic carbocycles. The predicted molar refractivity (Wildman–Crippen MR) is 58.2 cm³/mol. The van der Waals surface area contributed by atoms with Crippen LogP contribution in [0.1, 0.15) is 19.3 Å². The molecule has 0 aromatic rings. The lowest BCUT2D eigenvalue weighted by atomic mass is 9.79. The van der Waals surface area contributed by atoms with Crippen molar-refractivity contribution in [2.45, 2.75) is 25.4 Å². The van der Waals surface area contributed by atoms with Crippen molar-refractivity contribution in [1.29, 1.82) is 0 Å². The molecule has 0 bridgehead atoms. The van der Waals surface area contributed by atoms with Crippen molar-refractivity contribution in [3.05, 3.63) is 0 Å². The molecule has 2 aliphatic rings. The Morgan fingerprint density at radius 3 is 2.87 bits per heavy atom. The lowest BCUT2D eigenvalue weighted by Gasteiger charge is -2.36. The number of hydrogen-bond donors (Lipinski definition) is 0. The van der Waals surface area contributed by atoms with Crippen LogP contribution in [-0.4, -0.2) is 38.4 Å². The zero-order valence-corrected chi connectivity index (χ0v) is 10.1. The summed E-state index contributed by atoms with van der Waals surface area (Å²) in [7, 11) is -4.42. The highest BCUT2D eigenvalue weighted by atomic mass is 32.3. The SMILES string of the molecule is O=S(=O)(F)CC1OCCC12CCCSC2. The maximum Gasteiger partial charge on any atom is 0.304 e. The third-order valence-electron chi connectivity index (χ3n) is 3.31. The molecule has 88 valence electrons. The zero-order chi connectivity index (χ0) is 10.9. The van der Waals surface area contributed by atoms with Gasteiger partial charge in [0, 0.05) is 17.8 Å². The maximum absolute atomic E-state index is 12.7. The molecule has 1 spiro atoms. The largest absolute Gasteiger partial charge is 0.376 e. The van der Waals surface area contributed by atoms with Crippen molar-refractivity contribution >= 4 is 22.0 Å². The van der Waals surface area contributed by atoms with Gasteiger partial charge in [-0.25, -0.2) is 0 Å². The van der Waals surface area contributed by atoms with Gasteiger partial charge in [0.15, 0.2) is 0 Å². The molecule has 0 aliphatic carbocycles.